The van der Waals surface area contributed by atoms with Gasteiger partial charge in [-0.05, 0) is 42.6 Å². The first kappa shape index (κ1) is 19.8. The lowest BCUT2D eigenvalue weighted by Crippen LogP contribution is -2.32. The summed E-state index contributed by atoms with van der Waals surface area (Å²) in [6.07, 6.45) is 0. The molecule has 1 aliphatic rings. The first-order valence-electron chi connectivity index (χ1n) is 9.11. The maximum Gasteiger partial charge on any atom is 0.282 e. The molecular formula is C22H16F2N2O3S. The van der Waals surface area contributed by atoms with Gasteiger partial charge in [0.15, 0.2) is 11.6 Å². The third kappa shape index (κ3) is 3.57. The summed E-state index contributed by atoms with van der Waals surface area (Å²) in [5, 5.41) is 4.80. The van der Waals surface area contributed by atoms with E-state index in [4.69, 9.17) is 4.74 Å². The van der Waals surface area contributed by atoms with Gasteiger partial charge in [0.2, 0.25) is 0 Å². The minimum atomic E-state index is -1.14. The number of nitrogens with one attached hydrogen (secondary N) is 1. The Morgan fingerprint density at radius 1 is 1.00 bits per heavy atom. The summed E-state index contributed by atoms with van der Waals surface area (Å²) in [5.41, 5.74) is 0.735. The van der Waals surface area contributed by atoms with Crippen molar-refractivity contribution < 1.29 is 23.1 Å². The van der Waals surface area contributed by atoms with Gasteiger partial charge in [-0.3, -0.25) is 9.59 Å². The molecule has 1 aliphatic heterocycles. The highest BCUT2D eigenvalue weighted by Gasteiger charge is 2.41. The number of hydrogen-bond donors (Lipinski definition) is 1. The number of hydrogen-bond acceptors (Lipinski definition) is 5. The summed E-state index contributed by atoms with van der Waals surface area (Å²) in [7, 11) is 0. The molecule has 1 aromatic heterocycles. The smallest absolute Gasteiger partial charge is 0.282 e. The van der Waals surface area contributed by atoms with Crippen LogP contribution in [0, 0.1) is 11.6 Å². The lowest BCUT2D eigenvalue weighted by molar-refractivity contribution is -0.120. The molecule has 5 nitrogen and oxygen atoms in total. The van der Waals surface area contributed by atoms with Gasteiger partial charge in [-0.15, -0.1) is 11.3 Å². The van der Waals surface area contributed by atoms with Gasteiger partial charge >= 0.3 is 0 Å². The average molecular weight is 426 g/mol. The summed E-state index contributed by atoms with van der Waals surface area (Å²) in [6, 6.07) is 13.4. The fourth-order valence-electron chi connectivity index (χ4n) is 3.13. The molecule has 2 heterocycles. The van der Waals surface area contributed by atoms with E-state index in [2.05, 4.69) is 5.32 Å². The fourth-order valence-corrected chi connectivity index (χ4v) is 3.90. The van der Waals surface area contributed by atoms with Gasteiger partial charge < -0.3 is 10.1 Å². The highest BCUT2D eigenvalue weighted by molar-refractivity contribution is 7.11. The number of thiophene rings is 1. The van der Waals surface area contributed by atoms with Crippen LogP contribution in [-0.2, 0) is 9.59 Å². The predicted octanol–water partition coefficient (Wildman–Crippen LogP) is 4.82. The van der Waals surface area contributed by atoms with E-state index in [-0.39, 0.29) is 17.0 Å². The second-order valence-electron chi connectivity index (χ2n) is 6.36. The van der Waals surface area contributed by atoms with Crippen molar-refractivity contribution in [2.75, 3.05) is 16.8 Å². The van der Waals surface area contributed by atoms with Gasteiger partial charge in [0.1, 0.15) is 11.4 Å². The summed E-state index contributed by atoms with van der Waals surface area (Å²) < 4.78 is 32.6. The van der Waals surface area contributed by atoms with E-state index >= 15 is 0 Å². The molecule has 0 radical (unpaired) electrons. The Labute approximate surface area is 175 Å². The van der Waals surface area contributed by atoms with E-state index < -0.39 is 23.4 Å². The van der Waals surface area contributed by atoms with Crippen molar-refractivity contribution in [3.63, 3.8) is 0 Å². The van der Waals surface area contributed by atoms with Crippen LogP contribution < -0.4 is 15.0 Å². The van der Waals surface area contributed by atoms with E-state index in [0.29, 0.717) is 22.9 Å². The van der Waals surface area contributed by atoms with Gasteiger partial charge in [0.05, 0.1) is 17.9 Å². The summed E-state index contributed by atoms with van der Waals surface area (Å²) in [4.78, 5) is 27.8. The highest BCUT2D eigenvalue weighted by atomic mass is 32.1. The second-order valence-corrected chi connectivity index (χ2v) is 7.30. The molecule has 4 rings (SSSR count). The fraction of sp³-hybridized carbons (Fsp3) is 0.0909. The van der Waals surface area contributed by atoms with Crippen molar-refractivity contribution in [3.05, 3.63) is 82.2 Å². The topological polar surface area (TPSA) is 58.6 Å². The molecule has 3 aromatic rings. The molecule has 152 valence electrons. The van der Waals surface area contributed by atoms with Crippen LogP contribution in [-0.4, -0.2) is 18.4 Å². The molecule has 0 fully saturated rings. The number of carbonyl (C=O) groups excluding carboxylic acids is 2. The number of imide groups is 1. The van der Waals surface area contributed by atoms with Crippen LogP contribution in [0.5, 0.6) is 5.75 Å². The van der Waals surface area contributed by atoms with Crippen molar-refractivity contribution in [1.29, 1.82) is 0 Å². The molecule has 0 saturated heterocycles. The monoisotopic (exact) mass is 426 g/mol. The highest BCUT2D eigenvalue weighted by Crippen LogP contribution is 2.36. The third-order valence-electron chi connectivity index (χ3n) is 4.43. The molecule has 8 heteroatoms. The molecular weight excluding hydrogens is 410 g/mol. The quantitative estimate of drug-likeness (QED) is 0.574. The van der Waals surface area contributed by atoms with Gasteiger partial charge in [-0.1, -0.05) is 12.1 Å². The SMILES string of the molecule is CCOc1cccc(NC2=C(c3cccs3)C(=O)N(c3ccc(F)c(F)c3)C2=O)c1. The number of ether oxygens (including phenoxy) is 1. The molecule has 0 aliphatic carbocycles. The Kier molecular flexibility index (Phi) is 5.33. The van der Waals surface area contributed by atoms with Gasteiger partial charge in [0.25, 0.3) is 11.8 Å². The standard InChI is InChI=1S/C22H16F2N2O3S/c1-2-29-15-6-3-5-13(11-15)25-20-19(18-7-4-10-30-18)21(27)26(22(20)28)14-8-9-16(23)17(24)12-14/h3-12,25H,2H2,1H3. The van der Waals surface area contributed by atoms with Crippen molar-refractivity contribution in [1.82, 2.24) is 0 Å². The van der Waals surface area contributed by atoms with Crippen molar-refractivity contribution >= 4 is 40.1 Å². The second kappa shape index (κ2) is 8.08. The Morgan fingerprint density at radius 3 is 2.53 bits per heavy atom. The molecule has 30 heavy (non-hydrogen) atoms. The minimum Gasteiger partial charge on any atom is -0.494 e. The summed E-state index contributed by atoms with van der Waals surface area (Å²) >= 11 is 1.30. The van der Waals surface area contributed by atoms with E-state index in [1.165, 1.54) is 17.4 Å². The van der Waals surface area contributed by atoms with Gasteiger partial charge in [0, 0.05) is 22.7 Å². The van der Waals surface area contributed by atoms with E-state index in [0.717, 1.165) is 17.0 Å². The maximum absolute atomic E-state index is 13.8. The van der Waals surface area contributed by atoms with Crippen LogP contribution >= 0.6 is 11.3 Å². The zero-order valence-corrected chi connectivity index (χ0v) is 16.6. The normalized spacial score (nSPS) is 13.9. The Morgan fingerprint density at radius 2 is 1.83 bits per heavy atom. The number of carbonyl (C=O) groups is 2. The van der Waals surface area contributed by atoms with E-state index in [1.807, 2.05) is 6.92 Å². The molecule has 0 atom stereocenters. The number of amides is 2. The maximum atomic E-state index is 13.8. The number of nitrogens with zero attached hydrogens (tertiary/aromatic N) is 1. The molecule has 0 saturated carbocycles. The minimum absolute atomic E-state index is 0.0437. The number of halogens is 2. The van der Waals surface area contributed by atoms with E-state index in [9.17, 15) is 18.4 Å². The average Bonchev–Trinajstić information content (AvgIpc) is 3.32. The number of anilines is 2. The Balaban J connectivity index is 1.76. The van der Waals surface area contributed by atoms with Crippen LogP contribution in [0.4, 0.5) is 20.2 Å². The summed E-state index contributed by atoms with van der Waals surface area (Å²) in [5.74, 6) is -2.87. The lowest BCUT2D eigenvalue weighted by atomic mass is 10.2. The first-order chi connectivity index (χ1) is 14.5. The van der Waals surface area contributed by atoms with Crippen molar-refractivity contribution in [2.24, 2.45) is 0 Å². The van der Waals surface area contributed by atoms with Gasteiger partial charge in [-0.2, -0.15) is 0 Å². The zero-order chi connectivity index (χ0) is 21.3. The molecule has 2 aromatic carbocycles. The zero-order valence-electron chi connectivity index (χ0n) is 15.8. The van der Waals surface area contributed by atoms with Crippen molar-refractivity contribution in [3.8, 4) is 5.75 Å². The number of benzene rings is 2. The molecule has 1 N–H and O–H groups in total. The molecule has 0 spiro atoms. The molecule has 0 bridgehead atoms. The third-order valence-corrected chi connectivity index (χ3v) is 5.31. The Bertz CT molecular complexity index is 1160. The van der Waals surface area contributed by atoms with E-state index in [1.54, 1.807) is 41.8 Å². The Hall–Kier alpha value is -3.52. The van der Waals surface area contributed by atoms with Crippen molar-refractivity contribution in [2.45, 2.75) is 6.92 Å². The van der Waals surface area contributed by atoms with Crippen LogP contribution in [0.2, 0.25) is 0 Å². The lowest BCUT2D eigenvalue weighted by Gasteiger charge is -2.15. The predicted molar refractivity (Wildman–Crippen MR) is 111 cm³/mol. The molecule has 2 amide bonds. The van der Waals surface area contributed by atoms with Crippen LogP contribution in [0.3, 0.4) is 0 Å². The number of rotatable bonds is 6. The van der Waals surface area contributed by atoms with Crippen LogP contribution in [0.25, 0.3) is 5.57 Å². The summed E-state index contributed by atoms with van der Waals surface area (Å²) in [6.45, 7) is 2.34. The van der Waals surface area contributed by atoms with Crippen LogP contribution in [0.1, 0.15) is 11.8 Å². The molecule has 0 unspecified atom stereocenters. The van der Waals surface area contributed by atoms with Gasteiger partial charge in [-0.25, -0.2) is 13.7 Å². The first-order valence-corrected chi connectivity index (χ1v) is 9.99. The van der Waals surface area contributed by atoms with Crippen LogP contribution in [0.15, 0.2) is 65.7 Å². The largest absolute Gasteiger partial charge is 0.494 e.